The van der Waals surface area contributed by atoms with Crippen molar-refractivity contribution in [2.45, 2.75) is 57.2 Å². The number of halogens is 2. The Morgan fingerprint density at radius 3 is 2.63 bits per heavy atom. The maximum atomic E-state index is 14.6. The number of piperidine rings is 1. The van der Waals surface area contributed by atoms with Gasteiger partial charge in [-0.05, 0) is 86.9 Å². The van der Waals surface area contributed by atoms with Crippen molar-refractivity contribution >= 4 is 26.7 Å². The van der Waals surface area contributed by atoms with Crippen molar-refractivity contribution in [1.29, 1.82) is 0 Å². The van der Waals surface area contributed by atoms with E-state index < -0.39 is 11.6 Å². The van der Waals surface area contributed by atoms with Crippen molar-refractivity contribution < 1.29 is 13.5 Å². The number of likely N-dealkylation sites (tertiary alicyclic amines) is 2. The molecule has 8 nitrogen and oxygen atoms in total. The minimum Gasteiger partial charge on any atom is -0.383 e. The molecule has 11 heteroatoms. The summed E-state index contributed by atoms with van der Waals surface area (Å²) in [5.74, 6) is -1.07. The lowest BCUT2D eigenvalue weighted by atomic mass is 9.93. The molecular weight excluding hydrogens is 568 g/mol. The predicted molar refractivity (Wildman–Crippen MR) is 168 cm³/mol. The second-order valence-electron chi connectivity index (χ2n) is 13.2. The van der Waals surface area contributed by atoms with Gasteiger partial charge in [0.25, 0.3) is 0 Å². The lowest BCUT2D eigenvalue weighted by molar-refractivity contribution is 0.112. The number of piperazine rings is 1. The normalized spacial score (nSPS) is 25.9. The summed E-state index contributed by atoms with van der Waals surface area (Å²) in [6.07, 6.45) is 9.59. The third-order valence-electron chi connectivity index (χ3n) is 10.2. The number of nitrogens with one attached hydrogen (secondary N) is 1. The minimum atomic E-state index is -0.903. The van der Waals surface area contributed by atoms with E-state index in [0.717, 1.165) is 83.9 Å². The Kier molecular flexibility index (Phi) is 8.61. The number of aromatic nitrogens is 1. The van der Waals surface area contributed by atoms with Crippen LogP contribution in [0.1, 0.15) is 44.1 Å². The van der Waals surface area contributed by atoms with Gasteiger partial charge in [-0.3, -0.25) is 4.90 Å². The maximum absolute atomic E-state index is 14.6. The summed E-state index contributed by atoms with van der Waals surface area (Å²) in [6.45, 7) is 10.6. The van der Waals surface area contributed by atoms with Gasteiger partial charge < -0.3 is 30.5 Å². The number of hydrogen-bond acceptors (Lipinski definition) is 9. The van der Waals surface area contributed by atoms with E-state index in [0.29, 0.717) is 29.2 Å². The van der Waals surface area contributed by atoms with Crippen LogP contribution in [0.2, 0.25) is 0 Å². The van der Waals surface area contributed by atoms with Crippen molar-refractivity contribution in [3.63, 3.8) is 0 Å². The molecule has 2 aromatic rings. The minimum absolute atomic E-state index is 0.0582. The molecule has 1 aromatic carbocycles. The van der Waals surface area contributed by atoms with E-state index in [9.17, 15) is 8.78 Å². The third-order valence-corrected chi connectivity index (χ3v) is 11.1. The van der Waals surface area contributed by atoms with Crippen molar-refractivity contribution in [3.8, 4) is 0 Å². The van der Waals surface area contributed by atoms with Gasteiger partial charge in [0.05, 0.1) is 17.0 Å². The number of hydrogen-bond donors (Lipinski definition) is 2. The highest BCUT2D eigenvalue weighted by molar-refractivity contribution is 7.22. The molecule has 5 aliphatic heterocycles. The molecule has 6 heterocycles. The second kappa shape index (κ2) is 12.6. The number of nitrogens with two attached hydrogens (primary N) is 1. The summed E-state index contributed by atoms with van der Waals surface area (Å²) < 4.78 is 35.1. The molecule has 0 spiro atoms. The van der Waals surface area contributed by atoms with Crippen LogP contribution in [0.25, 0.3) is 10.2 Å². The maximum Gasteiger partial charge on any atom is 0.185 e. The fourth-order valence-electron chi connectivity index (χ4n) is 8.02. The Bertz CT molecular complexity index is 1380. The predicted octanol–water partition coefficient (Wildman–Crippen LogP) is 4.00. The topological polar surface area (TPSA) is 73.1 Å². The van der Waals surface area contributed by atoms with Crippen LogP contribution in [-0.4, -0.2) is 109 Å². The van der Waals surface area contributed by atoms with Crippen LogP contribution in [0.3, 0.4) is 0 Å². The number of ether oxygens (including phenoxy) is 1. The molecule has 43 heavy (non-hydrogen) atoms. The number of allylic oxidation sites excluding steroid dienone is 1. The van der Waals surface area contributed by atoms with Crippen LogP contribution in [0.15, 0.2) is 29.1 Å². The summed E-state index contributed by atoms with van der Waals surface area (Å²) in [6, 6.07) is 2.52. The number of methoxy groups -OCH3 is 1. The molecule has 0 amide bonds. The van der Waals surface area contributed by atoms with Crippen molar-refractivity contribution in [2.24, 2.45) is 5.92 Å². The van der Waals surface area contributed by atoms with Gasteiger partial charge >= 0.3 is 0 Å². The lowest BCUT2D eigenvalue weighted by Gasteiger charge is -2.42. The monoisotopic (exact) mass is 613 g/mol. The molecule has 3 saturated heterocycles. The molecule has 1 aromatic heterocycles. The standard InChI is InChI=1S/C32H45F2N7OS/c1-42-12-11-38-9-6-21(7-10-38)14-40-17-23-16-39(15-22-13-27(33)29(34)30-31(22)43-32(35)37-30)8-2-3-26(23)28(20-40)41-18-24-4-5-25(19-41)36-24/h13,20-21,24-25,36H,2-12,14-19H2,1H3,(H2,35,37). The van der Waals surface area contributed by atoms with Gasteiger partial charge in [0, 0.05) is 71.2 Å². The SMILES string of the molecule is COCCN1CCC(CN2C=C(N3CC4CCC(C3)N4)C3=C(C2)CN(Cc2cc(F)c(F)c4nc(N)sc24)CCC3)CC1. The first kappa shape index (κ1) is 29.4. The number of nitrogens with zero attached hydrogens (tertiary/aromatic N) is 5. The van der Waals surface area contributed by atoms with Gasteiger partial charge in [0.15, 0.2) is 16.8 Å². The Balaban J connectivity index is 1.11. The summed E-state index contributed by atoms with van der Waals surface area (Å²) in [4.78, 5) is 14.3. The van der Waals surface area contributed by atoms with E-state index in [1.165, 1.54) is 59.9 Å². The Labute approximate surface area is 257 Å². The zero-order chi connectivity index (χ0) is 29.5. The van der Waals surface area contributed by atoms with Gasteiger partial charge in [-0.25, -0.2) is 13.8 Å². The summed E-state index contributed by atoms with van der Waals surface area (Å²) in [5, 5.41) is 4.08. The van der Waals surface area contributed by atoms with Gasteiger partial charge in [-0.2, -0.15) is 0 Å². The third kappa shape index (κ3) is 6.29. The van der Waals surface area contributed by atoms with Crippen LogP contribution >= 0.6 is 11.3 Å². The molecule has 0 aliphatic carbocycles. The number of thiazole rings is 1. The van der Waals surface area contributed by atoms with Crippen molar-refractivity contribution in [2.75, 3.05) is 78.4 Å². The fourth-order valence-corrected chi connectivity index (χ4v) is 8.85. The first-order valence-corrected chi connectivity index (χ1v) is 16.9. The highest BCUT2D eigenvalue weighted by atomic mass is 32.1. The largest absolute Gasteiger partial charge is 0.383 e. The molecule has 2 atom stereocenters. The zero-order valence-electron chi connectivity index (χ0n) is 25.3. The van der Waals surface area contributed by atoms with Crippen LogP contribution < -0.4 is 11.1 Å². The average Bonchev–Trinajstić information content (AvgIpc) is 3.49. The van der Waals surface area contributed by atoms with E-state index in [4.69, 9.17) is 10.5 Å². The quantitative estimate of drug-likeness (QED) is 0.463. The van der Waals surface area contributed by atoms with Crippen LogP contribution in [0.5, 0.6) is 0 Å². The first-order chi connectivity index (χ1) is 20.9. The first-order valence-electron chi connectivity index (χ1n) is 16.1. The van der Waals surface area contributed by atoms with Crippen molar-refractivity contribution in [1.82, 2.24) is 29.9 Å². The number of anilines is 1. The molecule has 5 aliphatic rings. The lowest BCUT2D eigenvalue weighted by Crippen LogP contribution is -2.51. The summed E-state index contributed by atoms with van der Waals surface area (Å²) in [7, 11) is 1.78. The van der Waals surface area contributed by atoms with E-state index in [2.05, 4.69) is 36.1 Å². The average molecular weight is 614 g/mol. The van der Waals surface area contributed by atoms with Gasteiger partial charge in [0.2, 0.25) is 0 Å². The molecule has 3 fully saturated rings. The van der Waals surface area contributed by atoms with Crippen LogP contribution in [0.4, 0.5) is 13.9 Å². The van der Waals surface area contributed by atoms with Crippen LogP contribution in [0, 0.1) is 17.6 Å². The molecule has 234 valence electrons. The van der Waals surface area contributed by atoms with Crippen molar-refractivity contribution in [3.05, 3.63) is 46.3 Å². The summed E-state index contributed by atoms with van der Waals surface area (Å²) in [5.41, 5.74) is 11.2. The number of rotatable bonds is 8. The Morgan fingerprint density at radius 1 is 1.07 bits per heavy atom. The second-order valence-corrected chi connectivity index (χ2v) is 14.3. The van der Waals surface area contributed by atoms with Crippen LogP contribution in [-0.2, 0) is 11.3 Å². The van der Waals surface area contributed by atoms with E-state index in [-0.39, 0.29) is 10.6 Å². The number of benzene rings is 1. The summed E-state index contributed by atoms with van der Waals surface area (Å²) >= 11 is 1.25. The molecule has 0 saturated carbocycles. The van der Waals surface area contributed by atoms with E-state index in [1.807, 2.05) is 0 Å². The molecule has 3 N–H and O–H groups in total. The van der Waals surface area contributed by atoms with Gasteiger partial charge in [-0.1, -0.05) is 11.3 Å². The number of nitrogen functional groups attached to an aromatic ring is 1. The molecule has 2 unspecified atom stereocenters. The Morgan fingerprint density at radius 2 is 1.86 bits per heavy atom. The highest BCUT2D eigenvalue weighted by Crippen LogP contribution is 2.37. The highest BCUT2D eigenvalue weighted by Gasteiger charge is 2.36. The zero-order valence-corrected chi connectivity index (χ0v) is 26.1. The fraction of sp³-hybridized carbons (Fsp3) is 0.656. The molecule has 0 radical (unpaired) electrons. The smallest absolute Gasteiger partial charge is 0.185 e. The molecule has 7 rings (SSSR count). The van der Waals surface area contributed by atoms with E-state index >= 15 is 0 Å². The molecular formula is C32H45F2N7OS. The molecule has 2 bridgehead atoms. The van der Waals surface area contributed by atoms with Gasteiger partial charge in [0.1, 0.15) is 5.52 Å². The van der Waals surface area contributed by atoms with E-state index in [1.54, 1.807) is 7.11 Å². The number of fused-ring (bicyclic) bond motifs is 3. The van der Waals surface area contributed by atoms with Gasteiger partial charge in [-0.15, -0.1) is 0 Å². The Hall–Kier alpha value is -2.31.